The summed E-state index contributed by atoms with van der Waals surface area (Å²) in [5.41, 5.74) is 1.85. The van der Waals surface area contributed by atoms with Crippen molar-refractivity contribution in [2.24, 2.45) is 5.92 Å². The summed E-state index contributed by atoms with van der Waals surface area (Å²) in [6.45, 7) is 6.03. The van der Waals surface area contributed by atoms with E-state index < -0.39 is 5.97 Å². The zero-order valence-electron chi connectivity index (χ0n) is 12.7. The molecule has 0 spiro atoms. The van der Waals surface area contributed by atoms with Gasteiger partial charge in [-0.15, -0.1) is 0 Å². The molecule has 0 saturated carbocycles. The highest BCUT2D eigenvalue weighted by molar-refractivity contribution is 5.85. The first-order chi connectivity index (χ1) is 10.0. The average Bonchev–Trinajstić information content (AvgIpc) is 2.46. The molecule has 2 atom stereocenters. The Morgan fingerprint density at radius 3 is 2.95 bits per heavy atom. The number of piperidine rings is 1. The van der Waals surface area contributed by atoms with Crippen LogP contribution in [0.4, 0.5) is 5.82 Å². The molecular formula is C16H22N2O3. The van der Waals surface area contributed by atoms with Crippen LogP contribution in [-0.2, 0) is 9.53 Å². The number of hydrogen-bond donors (Lipinski definition) is 1. The number of carbonyl (C=O) groups is 1. The molecule has 0 radical (unpaired) electrons. The summed E-state index contributed by atoms with van der Waals surface area (Å²) >= 11 is 0. The Balaban J connectivity index is 2.15. The number of hydrogen-bond acceptors (Lipinski definition) is 4. The highest BCUT2D eigenvalue weighted by Gasteiger charge is 2.27. The molecule has 5 nitrogen and oxygen atoms in total. The Kier molecular flexibility index (Phi) is 4.96. The van der Waals surface area contributed by atoms with Crippen LogP contribution in [-0.4, -0.2) is 42.4 Å². The van der Waals surface area contributed by atoms with E-state index in [9.17, 15) is 4.79 Å². The predicted octanol–water partition coefficient (Wildman–Crippen LogP) is 2.35. The lowest BCUT2D eigenvalue weighted by Crippen LogP contribution is -2.44. The molecule has 0 bridgehead atoms. The van der Waals surface area contributed by atoms with Gasteiger partial charge in [0.25, 0.3) is 0 Å². The Hall–Kier alpha value is -1.88. The molecule has 1 saturated heterocycles. The average molecular weight is 290 g/mol. The van der Waals surface area contributed by atoms with Gasteiger partial charge in [-0.05, 0) is 42.5 Å². The summed E-state index contributed by atoms with van der Waals surface area (Å²) in [5, 5.41) is 8.65. The number of pyridine rings is 1. The maximum atomic E-state index is 10.5. The van der Waals surface area contributed by atoms with Crippen LogP contribution in [0.25, 0.3) is 6.08 Å². The second-order valence-electron chi connectivity index (χ2n) is 5.57. The number of carboxylic acids is 1. The number of rotatable bonds is 4. The molecular weight excluding hydrogens is 268 g/mol. The van der Waals surface area contributed by atoms with E-state index in [1.807, 2.05) is 13.0 Å². The van der Waals surface area contributed by atoms with Crippen LogP contribution in [0, 0.1) is 12.8 Å². The van der Waals surface area contributed by atoms with Gasteiger partial charge in [0, 0.05) is 32.5 Å². The molecule has 1 aliphatic rings. The SMILES string of the molecule is COC1CN(c2ncc(/C=C/C(=O)O)cc2C)CCC1C. The third-order valence-electron chi connectivity index (χ3n) is 3.98. The number of aliphatic carboxylic acids is 1. The van der Waals surface area contributed by atoms with Crippen molar-refractivity contribution in [2.45, 2.75) is 26.4 Å². The van der Waals surface area contributed by atoms with Gasteiger partial charge in [0.05, 0.1) is 6.10 Å². The van der Waals surface area contributed by atoms with E-state index >= 15 is 0 Å². The van der Waals surface area contributed by atoms with Crippen LogP contribution in [0.15, 0.2) is 18.3 Å². The molecule has 0 aliphatic carbocycles. The minimum atomic E-state index is -0.954. The third-order valence-corrected chi connectivity index (χ3v) is 3.98. The van der Waals surface area contributed by atoms with Gasteiger partial charge in [-0.2, -0.15) is 0 Å². The number of aromatic nitrogens is 1. The largest absolute Gasteiger partial charge is 0.478 e. The molecule has 2 unspecified atom stereocenters. The molecule has 5 heteroatoms. The fourth-order valence-corrected chi connectivity index (χ4v) is 2.71. The summed E-state index contributed by atoms with van der Waals surface area (Å²) in [4.78, 5) is 17.3. The van der Waals surface area contributed by atoms with E-state index in [0.29, 0.717) is 5.92 Å². The third kappa shape index (κ3) is 3.82. The second-order valence-corrected chi connectivity index (χ2v) is 5.57. The van der Waals surface area contributed by atoms with Gasteiger partial charge in [0.15, 0.2) is 0 Å². The minimum Gasteiger partial charge on any atom is -0.478 e. The number of carboxylic acid groups (broad SMARTS) is 1. The van der Waals surface area contributed by atoms with Crippen molar-refractivity contribution in [3.8, 4) is 0 Å². The fraction of sp³-hybridized carbons (Fsp3) is 0.500. The molecule has 21 heavy (non-hydrogen) atoms. The molecule has 0 aromatic carbocycles. The molecule has 1 aliphatic heterocycles. The number of aryl methyl sites for hydroxylation is 1. The minimum absolute atomic E-state index is 0.228. The highest BCUT2D eigenvalue weighted by atomic mass is 16.5. The molecule has 0 amide bonds. The smallest absolute Gasteiger partial charge is 0.328 e. The zero-order chi connectivity index (χ0) is 15.4. The van der Waals surface area contributed by atoms with Crippen molar-refractivity contribution in [3.05, 3.63) is 29.5 Å². The van der Waals surface area contributed by atoms with E-state index in [-0.39, 0.29) is 6.10 Å². The number of anilines is 1. The Morgan fingerprint density at radius 2 is 2.33 bits per heavy atom. The molecule has 114 valence electrons. The molecule has 2 rings (SSSR count). The zero-order valence-corrected chi connectivity index (χ0v) is 12.7. The topological polar surface area (TPSA) is 62.7 Å². The lowest BCUT2D eigenvalue weighted by Gasteiger charge is -2.37. The van der Waals surface area contributed by atoms with Crippen LogP contribution in [0.3, 0.4) is 0 Å². The van der Waals surface area contributed by atoms with Gasteiger partial charge < -0.3 is 14.7 Å². The lowest BCUT2D eigenvalue weighted by atomic mass is 9.95. The number of methoxy groups -OCH3 is 1. The lowest BCUT2D eigenvalue weighted by molar-refractivity contribution is -0.131. The summed E-state index contributed by atoms with van der Waals surface area (Å²) in [5.74, 6) is 0.561. The first-order valence-corrected chi connectivity index (χ1v) is 7.16. The first-order valence-electron chi connectivity index (χ1n) is 7.16. The standard InChI is InChI=1S/C16H22N2O3/c1-11-6-7-18(10-14(11)21-3)16-12(2)8-13(9-17-16)4-5-15(19)20/h4-5,8-9,11,14H,6-7,10H2,1-3H3,(H,19,20)/b5-4+. The Labute approximate surface area is 125 Å². The molecule has 1 aromatic heterocycles. The predicted molar refractivity (Wildman–Crippen MR) is 82.4 cm³/mol. The van der Waals surface area contributed by atoms with Gasteiger partial charge in [-0.1, -0.05) is 6.92 Å². The van der Waals surface area contributed by atoms with E-state index in [1.54, 1.807) is 19.4 Å². The Morgan fingerprint density at radius 1 is 1.57 bits per heavy atom. The Bertz CT molecular complexity index is 542. The maximum Gasteiger partial charge on any atom is 0.328 e. The van der Waals surface area contributed by atoms with Crippen molar-refractivity contribution in [3.63, 3.8) is 0 Å². The highest BCUT2D eigenvalue weighted by Crippen LogP contribution is 2.26. The van der Waals surface area contributed by atoms with E-state index in [2.05, 4.69) is 16.8 Å². The molecule has 1 N–H and O–H groups in total. The van der Waals surface area contributed by atoms with Gasteiger partial charge >= 0.3 is 5.97 Å². The first kappa shape index (κ1) is 15.5. The van der Waals surface area contributed by atoms with Crippen LogP contribution in [0.5, 0.6) is 0 Å². The second kappa shape index (κ2) is 6.72. The molecule has 2 heterocycles. The van der Waals surface area contributed by atoms with Crippen LogP contribution < -0.4 is 4.90 Å². The fourth-order valence-electron chi connectivity index (χ4n) is 2.71. The van der Waals surface area contributed by atoms with E-state index in [1.165, 1.54) is 0 Å². The van der Waals surface area contributed by atoms with Gasteiger partial charge in [0.2, 0.25) is 0 Å². The van der Waals surface area contributed by atoms with Crippen molar-refractivity contribution < 1.29 is 14.6 Å². The van der Waals surface area contributed by atoms with Crippen LogP contribution in [0.2, 0.25) is 0 Å². The molecule has 1 fully saturated rings. The summed E-state index contributed by atoms with van der Waals surface area (Å²) < 4.78 is 5.54. The maximum absolute atomic E-state index is 10.5. The van der Waals surface area contributed by atoms with Crippen LogP contribution >= 0.6 is 0 Å². The summed E-state index contributed by atoms with van der Waals surface area (Å²) in [7, 11) is 1.75. The van der Waals surface area contributed by atoms with Gasteiger partial charge in [-0.3, -0.25) is 0 Å². The number of nitrogens with zero attached hydrogens (tertiary/aromatic N) is 2. The molecule has 1 aromatic rings. The van der Waals surface area contributed by atoms with Gasteiger partial charge in [-0.25, -0.2) is 9.78 Å². The van der Waals surface area contributed by atoms with Crippen LogP contribution in [0.1, 0.15) is 24.5 Å². The van der Waals surface area contributed by atoms with E-state index in [4.69, 9.17) is 9.84 Å². The monoisotopic (exact) mass is 290 g/mol. The van der Waals surface area contributed by atoms with Crippen molar-refractivity contribution in [1.82, 2.24) is 4.98 Å². The van der Waals surface area contributed by atoms with Crippen molar-refractivity contribution >= 4 is 17.9 Å². The van der Waals surface area contributed by atoms with Crippen molar-refractivity contribution in [2.75, 3.05) is 25.1 Å². The van der Waals surface area contributed by atoms with E-state index in [0.717, 1.165) is 42.5 Å². The van der Waals surface area contributed by atoms with Gasteiger partial charge in [0.1, 0.15) is 5.82 Å². The summed E-state index contributed by atoms with van der Waals surface area (Å²) in [6.07, 6.45) is 5.70. The van der Waals surface area contributed by atoms with Crippen molar-refractivity contribution in [1.29, 1.82) is 0 Å². The quantitative estimate of drug-likeness (QED) is 0.862. The number of ether oxygens (including phenoxy) is 1. The normalized spacial score (nSPS) is 22.7. The summed E-state index contributed by atoms with van der Waals surface area (Å²) in [6, 6.07) is 1.96.